The van der Waals surface area contributed by atoms with Gasteiger partial charge in [-0.1, -0.05) is 0 Å². The van der Waals surface area contributed by atoms with Crippen molar-refractivity contribution in [2.24, 2.45) is 0 Å². The molecule has 4 N–H and O–H groups in total. The number of nitrogen functional groups attached to an aromatic ring is 1. The normalized spacial score (nSPS) is 10.7. The molecule has 3 aromatic heterocycles. The van der Waals surface area contributed by atoms with E-state index in [1.165, 1.54) is 6.33 Å². The standard InChI is InChI=1S/C13H15N9/c1-22(13-10-12(17-6-16-10)18-7-19-13)4-2-3-9-8(5-14)11(15)21-20-9/h6-7H,2-4H2,1H3,(H3,15,20,21)(H,16,17,18,19). The van der Waals surface area contributed by atoms with Gasteiger partial charge in [-0.05, 0) is 12.8 Å². The molecule has 0 saturated heterocycles. The van der Waals surface area contributed by atoms with E-state index in [1.807, 2.05) is 11.9 Å². The van der Waals surface area contributed by atoms with E-state index >= 15 is 0 Å². The molecule has 3 rings (SSSR count). The third-order valence-electron chi connectivity index (χ3n) is 3.47. The average molecular weight is 297 g/mol. The Hall–Kier alpha value is -3.15. The summed E-state index contributed by atoms with van der Waals surface area (Å²) in [6, 6.07) is 2.07. The fraction of sp³-hybridized carbons (Fsp3) is 0.308. The number of aryl methyl sites for hydroxylation is 1. The van der Waals surface area contributed by atoms with Crippen molar-refractivity contribution in [2.75, 3.05) is 24.2 Å². The summed E-state index contributed by atoms with van der Waals surface area (Å²) in [4.78, 5) is 17.6. The highest BCUT2D eigenvalue weighted by Crippen LogP contribution is 2.19. The monoisotopic (exact) mass is 297 g/mol. The predicted molar refractivity (Wildman–Crippen MR) is 81.0 cm³/mol. The third kappa shape index (κ3) is 2.42. The molecular formula is C13H15N9. The largest absolute Gasteiger partial charge is 0.381 e. The van der Waals surface area contributed by atoms with E-state index in [0.717, 1.165) is 30.0 Å². The van der Waals surface area contributed by atoms with Gasteiger partial charge in [-0.3, -0.25) is 5.10 Å². The first kappa shape index (κ1) is 13.8. The van der Waals surface area contributed by atoms with Gasteiger partial charge in [-0.2, -0.15) is 10.4 Å². The molecule has 0 aromatic carbocycles. The number of nitrogens with one attached hydrogen (secondary N) is 2. The second-order valence-corrected chi connectivity index (χ2v) is 4.90. The molecular weight excluding hydrogens is 282 g/mol. The minimum atomic E-state index is 0.251. The molecule has 0 atom stereocenters. The predicted octanol–water partition coefficient (Wildman–Crippen LogP) is 0.599. The minimum absolute atomic E-state index is 0.251. The van der Waals surface area contributed by atoms with Crippen LogP contribution >= 0.6 is 0 Å². The number of aromatic nitrogens is 6. The lowest BCUT2D eigenvalue weighted by Crippen LogP contribution is -2.20. The van der Waals surface area contributed by atoms with E-state index < -0.39 is 0 Å². The van der Waals surface area contributed by atoms with Crippen LogP contribution in [0.15, 0.2) is 12.7 Å². The molecule has 3 aromatic rings. The van der Waals surface area contributed by atoms with E-state index in [2.05, 4.69) is 36.2 Å². The second kappa shape index (κ2) is 5.69. The Morgan fingerprint density at radius 1 is 1.36 bits per heavy atom. The van der Waals surface area contributed by atoms with Crippen LogP contribution in [0.25, 0.3) is 11.2 Å². The van der Waals surface area contributed by atoms with Crippen LogP contribution in [-0.2, 0) is 6.42 Å². The van der Waals surface area contributed by atoms with Crippen molar-refractivity contribution in [3.8, 4) is 6.07 Å². The van der Waals surface area contributed by atoms with Gasteiger partial charge in [-0.25, -0.2) is 15.0 Å². The highest BCUT2D eigenvalue weighted by atomic mass is 15.2. The summed E-state index contributed by atoms with van der Waals surface area (Å²) in [7, 11) is 1.95. The fourth-order valence-electron chi connectivity index (χ4n) is 2.34. The highest BCUT2D eigenvalue weighted by Gasteiger charge is 2.12. The topological polar surface area (TPSA) is 136 Å². The van der Waals surface area contributed by atoms with Gasteiger partial charge in [0.05, 0.1) is 12.0 Å². The van der Waals surface area contributed by atoms with E-state index in [1.54, 1.807) is 6.33 Å². The number of nitrogens with two attached hydrogens (primary N) is 1. The first-order chi connectivity index (χ1) is 10.7. The van der Waals surface area contributed by atoms with Crippen LogP contribution in [0.3, 0.4) is 0 Å². The Bertz CT molecular complexity index is 826. The zero-order valence-electron chi connectivity index (χ0n) is 12.0. The average Bonchev–Trinajstić information content (AvgIpc) is 3.13. The quantitative estimate of drug-likeness (QED) is 0.627. The summed E-state index contributed by atoms with van der Waals surface area (Å²) in [6.07, 6.45) is 4.61. The van der Waals surface area contributed by atoms with Crippen LogP contribution in [0.5, 0.6) is 0 Å². The molecule has 0 spiro atoms. The van der Waals surface area contributed by atoms with Gasteiger partial charge in [0, 0.05) is 13.6 Å². The van der Waals surface area contributed by atoms with Gasteiger partial charge in [0.1, 0.15) is 23.5 Å². The Morgan fingerprint density at radius 3 is 3.05 bits per heavy atom. The number of anilines is 2. The maximum absolute atomic E-state index is 9.04. The van der Waals surface area contributed by atoms with Gasteiger partial charge in [0.15, 0.2) is 17.3 Å². The van der Waals surface area contributed by atoms with Gasteiger partial charge < -0.3 is 15.6 Å². The number of hydrogen-bond donors (Lipinski definition) is 3. The van der Waals surface area contributed by atoms with Crippen molar-refractivity contribution >= 4 is 22.8 Å². The van der Waals surface area contributed by atoms with Gasteiger partial charge in [0.2, 0.25) is 0 Å². The molecule has 0 aliphatic carbocycles. The molecule has 0 radical (unpaired) electrons. The van der Waals surface area contributed by atoms with Gasteiger partial charge in [-0.15, -0.1) is 0 Å². The Morgan fingerprint density at radius 2 is 2.23 bits per heavy atom. The molecule has 112 valence electrons. The van der Waals surface area contributed by atoms with Crippen LogP contribution < -0.4 is 10.6 Å². The summed E-state index contributed by atoms with van der Waals surface area (Å²) >= 11 is 0. The maximum Gasteiger partial charge on any atom is 0.182 e. The Labute approximate surface area is 126 Å². The minimum Gasteiger partial charge on any atom is -0.381 e. The highest BCUT2D eigenvalue weighted by molar-refractivity contribution is 5.82. The summed E-state index contributed by atoms with van der Waals surface area (Å²) in [5, 5.41) is 15.7. The number of hydrogen-bond acceptors (Lipinski definition) is 7. The second-order valence-electron chi connectivity index (χ2n) is 4.90. The van der Waals surface area contributed by atoms with Crippen molar-refractivity contribution in [3.05, 3.63) is 23.9 Å². The van der Waals surface area contributed by atoms with E-state index in [4.69, 9.17) is 11.0 Å². The molecule has 0 aliphatic heterocycles. The molecule has 0 amide bonds. The molecule has 0 bridgehead atoms. The number of nitriles is 1. The summed E-state index contributed by atoms with van der Waals surface area (Å²) < 4.78 is 0. The summed E-state index contributed by atoms with van der Waals surface area (Å²) in [6.45, 7) is 0.759. The van der Waals surface area contributed by atoms with Crippen molar-refractivity contribution < 1.29 is 0 Å². The van der Waals surface area contributed by atoms with Crippen molar-refractivity contribution in [1.29, 1.82) is 5.26 Å². The zero-order chi connectivity index (χ0) is 15.5. The van der Waals surface area contributed by atoms with E-state index in [0.29, 0.717) is 17.6 Å². The first-order valence-corrected chi connectivity index (χ1v) is 6.78. The van der Waals surface area contributed by atoms with E-state index in [9.17, 15) is 0 Å². The summed E-state index contributed by atoms with van der Waals surface area (Å²) in [5.41, 5.74) is 8.28. The van der Waals surface area contributed by atoms with Crippen LogP contribution in [0.1, 0.15) is 17.7 Å². The van der Waals surface area contributed by atoms with Crippen molar-refractivity contribution in [1.82, 2.24) is 30.1 Å². The Kier molecular flexibility index (Phi) is 3.57. The molecule has 0 unspecified atom stereocenters. The van der Waals surface area contributed by atoms with Crippen molar-refractivity contribution in [2.45, 2.75) is 12.8 Å². The van der Waals surface area contributed by atoms with Crippen molar-refractivity contribution in [3.63, 3.8) is 0 Å². The zero-order valence-corrected chi connectivity index (χ0v) is 12.0. The van der Waals surface area contributed by atoms with E-state index in [-0.39, 0.29) is 5.82 Å². The maximum atomic E-state index is 9.04. The molecule has 3 heterocycles. The molecule has 22 heavy (non-hydrogen) atoms. The van der Waals surface area contributed by atoms with Crippen LogP contribution in [0.4, 0.5) is 11.6 Å². The Balaban J connectivity index is 1.67. The van der Waals surface area contributed by atoms with Gasteiger partial charge in [0.25, 0.3) is 0 Å². The number of rotatable bonds is 5. The number of fused-ring (bicyclic) bond motifs is 1. The molecule has 0 saturated carbocycles. The first-order valence-electron chi connectivity index (χ1n) is 6.78. The SMILES string of the molecule is CN(CCCc1[nH]nc(N)c1C#N)c1ncnc2nc[nH]c12. The lowest BCUT2D eigenvalue weighted by Gasteiger charge is -2.17. The van der Waals surface area contributed by atoms with Gasteiger partial charge >= 0.3 is 0 Å². The van der Waals surface area contributed by atoms with Crippen LogP contribution in [-0.4, -0.2) is 43.7 Å². The third-order valence-corrected chi connectivity index (χ3v) is 3.47. The lowest BCUT2D eigenvalue weighted by molar-refractivity contribution is 0.760. The molecule has 0 fully saturated rings. The number of aromatic amines is 2. The molecule has 0 aliphatic rings. The molecule has 9 heteroatoms. The smallest absolute Gasteiger partial charge is 0.182 e. The number of H-pyrrole nitrogens is 2. The number of nitrogens with zero attached hydrogens (tertiary/aromatic N) is 6. The molecule has 9 nitrogen and oxygen atoms in total. The lowest BCUT2D eigenvalue weighted by atomic mass is 10.1. The van der Waals surface area contributed by atoms with Crippen LogP contribution in [0.2, 0.25) is 0 Å². The summed E-state index contributed by atoms with van der Waals surface area (Å²) in [5.74, 6) is 1.05. The van der Waals surface area contributed by atoms with Crippen LogP contribution in [0, 0.1) is 11.3 Å². The fourth-order valence-corrected chi connectivity index (χ4v) is 2.34. The number of imidazole rings is 1.